The Bertz CT molecular complexity index is 441. The molecule has 0 unspecified atom stereocenters. The number of nitrogens with zero attached hydrogens (tertiary/aromatic N) is 2. The molecule has 0 aliphatic heterocycles. The smallest absolute Gasteiger partial charge is 0.346 e. The molecule has 0 fully saturated rings. The van der Waals surface area contributed by atoms with Crippen LogP contribution in [0.5, 0.6) is 0 Å². The molecule has 1 heterocycles. The minimum absolute atomic E-state index is 0.0749. The number of imidazole rings is 1. The van der Waals surface area contributed by atoms with Gasteiger partial charge in [-0.25, -0.2) is 13.9 Å². The maximum absolute atomic E-state index is 11.0. The molecule has 0 radical (unpaired) electrons. The van der Waals surface area contributed by atoms with Crippen molar-refractivity contribution in [3.05, 3.63) is 18.2 Å². The Morgan fingerprint density at radius 2 is 1.61 bits per heavy atom. The van der Waals surface area contributed by atoms with E-state index in [0.717, 1.165) is 32.2 Å². The number of aliphatic carboxylic acids is 1. The zero-order chi connectivity index (χ0) is 16.9. The molecular weight excluding hydrogens is 288 g/mol. The standard InChI is InChI=1S/C19H34N2O2/c1-3-5-7-8-9-10-11-12-13-18-20(14-6-4-2)15-16-21(18)17-19(22)23/h15-16H,3-14,17H2,1-2H3/p+1. The van der Waals surface area contributed by atoms with Crippen molar-refractivity contribution in [3.63, 3.8) is 0 Å². The molecule has 0 saturated carbocycles. The minimum atomic E-state index is -0.764. The Hall–Kier alpha value is -1.32. The van der Waals surface area contributed by atoms with Gasteiger partial charge in [0.2, 0.25) is 0 Å². The third-order valence-electron chi connectivity index (χ3n) is 4.40. The Labute approximate surface area is 141 Å². The number of aromatic nitrogens is 2. The van der Waals surface area contributed by atoms with Crippen molar-refractivity contribution in [1.29, 1.82) is 0 Å². The maximum Gasteiger partial charge on any atom is 0.346 e. The van der Waals surface area contributed by atoms with Crippen LogP contribution in [0.15, 0.2) is 12.4 Å². The topological polar surface area (TPSA) is 46.1 Å². The Balaban J connectivity index is 2.39. The van der Waals surface area contributed by atoms with Crippen molar-refractivity contribution >= 4 is 5.97 Å². The fraction of sp³-hybridized carbons (Fsp3) is 0.789. The summed E-state index contributed by atoms with van der Waals surface area (Å²) in [4.78, 5) is 11.0. The minimum Gasteiger partial charge on any atom is -0.478 e. The highest BCUT2D eigenvalue weighted by Gasteiger charge is 2.18. The van der Waals surface area contributed by atoms with Gasteiger partial charge in [-0.1, -0.05) is 65.2 Å². The van der Waals surface area contributed by atoms with Crippen LogP contribution >= 0.6 is 0 Å². The summed E-state index contributed by atoms with van der Waals surface area (Å²) in [7, 11) is 0. The Morgan fingerprint density at radius 1 is 1.00 bits per heavy atom. The monoisotopic (exact) mass is 323 g/mol. The van der Waals surface area contributed by atoms with Gasteiger partial charge in [-0.3, -0.25) is 0 Å². The fourth-order valence-corrected chi connectivity index (χ4v) is 3.02. The predicted octanol–water partition coefficient (Wildman–Crippen LogP) is 4.34. The van der Waals surface area contributed by atoms with Crippen molar-refractivity contribution in [2.24, 2.45) is 0 Å². The summed E-state index contributed by atoms with van der Waals surface area (Å²) in [6.07, 6.45) is 17.7. The van der Waals surface area contributed by atoms with Gasteiger partial charge in [-0.15, -0.1) is 0 Å². The van der Waals surface area contributed by atoms with Gasteiger partial charge in [0.05, 0.1) is 6.54 Å². The second kappa shape index (κ2) is 12.1. The number of carboxylic acid groups (broad SMARTS) is 1. The van der Waals surface area contributed by atoms with E-state index in [1.165, 1.54) is 50.8 Å². The van der Waals surface area contributed by atoms with Crippen LogP contribution in [0.3, 0.4) is 0 Å². The molecule has 0 spiro atoms. The molecule has 4 heteroatoms. The summed E-state index contributed by atoms with van der Waals surface area (Å²) in [6.45, 7) is 5.51. The lowest BCUT2D eigenvalue weighted by Gasteiger charge is -2.05. The fourth-order valence-electron chi connectivity index (χ4n) is 3.02. The van der Waals surface area contributed by atoms with Crippen LogP contribution < -0.4 is 4.57 Å². The number of aryl methyl sites for hydroxylation is 1. The summed E-state index contributed by atoms with van der Waals surface area (Å²) >= 11 is 0. The van der Waals surface area contributed by atoms with Gasteiger partial charge in [-0.2, -0.15) is 0 Å². The third-order valence-corrected chi connectivity index (χ3v) is 4.40. The Morgan fingerprint density at radius 3 is 2.22 bits per heavy atom. The van der Waals surface area contributed by atoms with Gasteiger partial charge in [0.15, 0.2) is 6.54 Å². The molecule has 1 N–H and O–H groups in total. The van der Waals surface area contributed by atoms with Gasteiger partial charge in [-0.05, 0) is 12.8 Å². The van der Waals surface area contributed by atoms with Gasteiger partial charge in [0, 0.05) is 6.42 Å². The van der Waals surface area contributed by atoms with Crippen molar-refractivity contribution in [2.75, 3.05) is 0 Å². The molecule has 23 heavy (non-hydrogen) atoms. The zero-order valence-corrected chi connectivity index (χ0v) is 15.1. The number of hydrogen-bond acceptors (Lipinski definition) is 1. The summed E-state index contributed by atoms with van der Waals surface area (Å²) < 4.78 is 4.15. The highest BCUT2D eigenvalue weighted by atomic mass is 16.4. The maximum atomic E-state index is 11.0. The van der Waals surface area contributed by atoms with Crippen LogP contribution in [0.2, 0.25) is 0 Å². The van der Waals surface area contributed by atoms with Crippen molar-refractivity contribution in [3.8, 4) is 0 Å². The van der Waals surface area contributed by atoms with E-state index >= 15 is 0 Å². The van der Waals surface area contributed by atoms with Gasteiger partial charge in [0.1, 0.15) is 12.4 Å². The molecule has 0 amide bonds. The van der Waals surface area contributed by atoms with Crippen molar-refractivity contribution in [2.45, 2.75) is 97.6 Å². The molecular formula is C19H35N2O2+. The second-order valence-corrected chi connectivity index (χ2v) is 6.51. The van der Waals surface area contributed by atoms with Crippen molar-refractivity contribution in [1.82, 2.24) is 4.57 Å². The number of carbonyl (C=O) groups is 1. The number of unbranched alkanes of at least 4 members (excludes halogenated alkanes) is 8. The van der Waals surface area contributed by atoms with E-state index in [9.17, 15) is 4.79 Å². The highest BCUT2D eigenvalue weighted by molar-refractivity contribution is 5.64. The van der Waals surface area contributed by atoms with Crippen LogP contribution in [-0.4, -0.2) is 15.6 Å². The number of rotatable bonds is 14. The molecule has 1 aromatic rings. The lowest BCUT2D eigenvalue weighted by Crippen LogP contribution is -2.41. The molecule has 4 nitrogen and oxygen atoms in total. The molecule has 0 aromatic carbocycles. The largest absolute Gasteiger partial charge is 0.478 e. The second-order valence-electron chi connectivity index (χ2n) is 6.51. The van der Waals surface area contributed by atoms with Gasteiger partial charge < -0.3 is 5.11 Å². The lowest BCUT2D eigenvalue weighted by atomic mass is 10.1. The average molecular weight is 324 g/mol. The summed E-state index contributed by atoms with van der Waals surface area (Å²) in [5.41, 5.74) is 0. The SMILES string of the molecule is CCCCCCCCCCc1n(CCCC)cc[n+]1CC(=O)O. The third kappa shape index (κ3) is 8.19. The van der Waals surface area contributed by atoms with Crippen LogP contribution in [0, 0.1) is 0 Å². The first-order valence-electron chi connectivity index (χ1n) is 9.48. The van der Waals surface area contributed by atoms with Crippen LogP contribution in [0.1, 0.15) is 83.9 Å². The number of hydrogen-bond donors (Lipinski definition) is 1. The summed E-state index contributed by atoms with van der Waals surface area (Å²) in [5.74, 6) is 0.409. The quantitative estimate of drug-likeness (QED) is 0.409. The van der Waals surface area contributed by atoms with E-state index in [4.69, 9.17) is 5.11 Å². The van der Waals surface area contributed by atoms with E-state index < -0.39 is 5.97 Å². The zero-order valence-electron chi connectivity index (χ0n) is 15.1. The van der Waals surface area contributed by atoms with E-state index in [-0.39, 0.29) is 6.54 Å². The van der Waals surface area contributed by atoms with Crippen LogP contribution in [0.25, 0.3) is 0 Å². The molecule has 0 aliphatic rings. The molecule has 0 aliphatic carbocycles. The molecule has 132 valence electrons. The average Bonchev–Trinajstić information content (AvgIpc) is 2.89. The summed E-state index contributed by atoms with van der Waals surface area (Å²) in [6, 6.07) is 0. The van der Waals surface area contributed by atoms with Crippen LogP contribution in [-0.2, 0) is 24.3 Å². The van der Waals surface area contributed by atoms with E-state index in [0.29, 0.717) is 0 Å². The predicted molar refractivity (Wildman–Crippen MR) is 93.5 cm³/mol. The van der Waals surface area contributed by atoms with Crippen molar-refractivity contribution < 1.29 is 14.5 Å². The van der Waals surface area contributed by atoms with Crippen LogP contribution in [0.4, 0.5) is 0 Å². The van der Waals surface area contributed by atoms with Gasteiger partial charge >= 0.3 is 5.97 Å². The molecule has 1 rings (SSSR count). The molecule has 0 atom stereocenters. The van der Waals surface area contributed by atoms with Gasteiger partial charge in [0.25, 0.3) is 5.82 Å². The molecule has 0 saturated heterocycles. The first-order chi connectivity index (χ1) is 11.2. The lowest BCUT2D eigenvalue weighted by molar-refractivity contribution is -0.692. The number of carboxylic acids is 1. The summed E-state index contributed by atoms with van der Waals surface area (Å²) in [5, 5.41) is 9.06. The molecule has 1 aromatic heterocycles. The normalized spacial score (nSPS) is 11.0. The Kier molecular flexibility index (Phi) is 10.4. The van der Waals surface area contributed by atoms with E-state index in [2.05, 4.69) is 18.4 Å². The highest BCUT2D eigenvalue weighted by Crippen LogP contribution is 2.11. The first-order valence-corrected chi connectivity index (χ1v) is 9.48. The van der Waals surface area contributed by atoms with E-state index in [1.807, 2.05) is 17.0 Å². The molecule has 0 bridgehead atoms. The van der Waals surface area contributed by atoms with E-state index in [1.54, 1.807) is 0 Å². The first kappa shape index (κ1) is 19.7.